The lowest BCUT2D eigenvalue weighted by Gasteiger charge is -2.11. The lowest BCUT2D eigenvalue weighted by atomic mass is 10.1. The summed E-state index contributed by atoms with van der Waals surface area (Å²) in [5.41, 5.74) is 9.72. The van der Waals surface area contributed by atoms with Crippen molar-refractivity contribution in [3.05, 3.63) is 29.3 Å². The molecular weight excluding hydrogens is 256 g/mol. The van der Waals surface area contributed by atoms with Gasteiger partial charge in [-0.25, -0.2) is 8.78 Å². The number of primary amides is 1. The molecule has 0 bridgehead atoms. The van der Waals surface area contributed by atoms with Gasteiger partial charge in [-0.1, -0.05) is 6.92 Å². The second-order valence-electron chi connectivity index (χ2n) is 4.10. The average Bonchev–Trinajstić information content (AvgIpc) is 2.31. The van der Waals surface area contributed by atoms with E-state index in [1.165, 1.54) is 0 Å². The van der Waals surface area contributed by atoms with Gasteiger partial charge in [-0.05, 0) is 12.5 Å². The highest BCUT2D eigenvalue weighted by molar-refractivity contribution is 5.96. The van der Waals surface area contributed by atoms with Crippen LogP contribution in [0.4, 0.5) is 14.5 Å². The highest BCUT2D eigenvalue weighted by Gasteiger charge is 2.16. The van der Waals surface area contributed by atoms with E-state index >= 15 is 0 Å². The van der Waals surface area contributed by atoms with Gasteiger partial charge in [0, 0.05) is 18.5 Å². The third-order valence-corrected chi connectivity index (χ3v) is 2.57. The third kappa shape index (κ3) is 3.99. The third-order valence-electron chi connectivity index (χ3n) is 2.57. The molecule has 1 aromatic carbocycles. The number of carbonyl (C=O) groups is 2. The first-order chi connectivity index (χ1) is 8.85. The van der Waals surface area contributed by atoms with Crippen molar-refractivity contribution in [3.63, 3.8) is 0 Å². The summed E-state index contributed by atoms with van der Waals surface area (Å²) in [5, 5.41) is 2.23. The lowest BCUT2D eigenvalue weighted by molar-refractivity contribution is -0.116. The Bertz CT molecular complexity index is 506. The van der Waals surface area contributed by atoms with Crippen LogP contribution >= 0.6 is 0 Å². The Hall–Kier alpha value is -2.02. The average molecular weight is 271 g/mol. The molecule has 0 aliphatic carbocycles. The summed E-state index contributed by atoms with van der Waals surface area (Å²) in [5.74, 6) is -3.62. The number of halogens is 2. The van der Waals surface area contributed by atoms with Crippen LogP contribution in [0.1, 0.15) is 30.1 Å². The van der Waals surface area contributed by atoms with Crippen LogP contribution in [0, 0.1) is 11.6 Å². The second kappa shape index (κ2) is 6.24. The van der Waals surface area contributed by atoms with E-state index in [2.05, 4.69) is 5.32 Å². The lowest BCUT2D eigenvalue weighted by Crippen LogP contribution is -2.26. The number of anilines is 1. The summed E-state index contributed by atoms with van der Waals surface area (Å²) < 4.78 is 26.6. The van der Waals surface area contributed by atoms with Gasteiger partial charge < -0.3 is 16.8 Å². The molecule has 104 valence electrons. The van der Waals surface area contributed by atoms with Gasteiger partial charge in [0.05, 0.1) is 11.3 Å². The normalized spacial score (nSPS) is 12.0. The summed E-state index contributed by atoms with van der Waals surface area (Å²) in [7, 11) is 0. The minimum absolute atomic E-state index is 0.000773. The number of carbonyl (C=O) groups excluding carboxylic acids is 2. The van der Waals surface area contributed by atoms with Crippen LogP contribution in [0.15, 0.2) is 12.1 Å². The zero-order valence-corrected chi connectivity index (χ0v) is 10.4. The van der Waals surface area contributed by atoms with Gasteiger partial charge in [0.2, 0.25) is 5.91 Å². The molecule has 0 aromatic heterocycles. The minimum atomic E-state index is -1.08. The molecule has 0 aliphatic heterocycles. The van der Waals surface area contributed by atoms with Gasteiger partial charge in [0.15, 0.2) is 0 Å². The van der Waals surface area contributed by atoms with Crippen molar-refractivity contribution in [1.29, 1.82) is 0 Å². The smallest absolute Gasteiger partial charge is 0.251 e. The zero-order valence-electron chi connectivity index (χ0n) is 10.4. The van der Waals surface area contributed by atoms with Crippen LogP contribution in [0.5, 0.6) is 0 Å². The molecule has 0 saturated carbocycles. The molecule has 1 atom stereocenters. The maximum Gasteiger partial charge on any atom is 0.251 e. The van der Waals surface area contributed by atoms with Gasteiger partial charge in [-0.2, -0.15) is 0 Å². The number of nitrogens with two attached hydrogens (primary N) is 2. The molecule has 0 saturated heterocycles. The SMILES string of the molecule is CCC(N)CC(=O)Nc1cc(C(N)=O)c(F)cc1F. The molecule has 2 amide bonds. The highest BCUT2D eigenvalue weighted by Crippen LogP contribution is 2.19. The molecule has 1 unspecified atom stereocenters. The largest absolute Gasteiger partial charge is 0.366 e. The van der Waals surface area contributed by atoms with E-state index in [-0.39, 0.29) is 18.2 Å². The second-order valence-corrected chi connectivity index (χ2v) is 4.10. The van der Waals surface area contributed by atoms with Crippen molar-refractivity contribution in [3.8, 4) is 0 Å². The Morgan fingerprint density at radius 1 is 1.32 bits per heavy atom. The first-order valence-corrected chi connectivity index (χ1v) is 5.69. The van der Waals surface area contributed by atoms with E-state index < -0.39 is 29.0 Å². The first-order valence-electron chi connectivity index (χ1n) is 5.69. The van der Waals surface area contributed by atoms with Crippen molar-refractivity contribution < 1.29 is 18.4 Å². The van der Waals surface area contributed by atoms with Crippen LogP contribution in [-0.2, 0) is 4.79 Å². The van der Waals surface area contributed by atoms with Gasteiger partial charge in [-0.3, -0.25) is 9.59 Å². The molecule has 0 spiro atoms. The van der Waals surface area contributed by atoms with E-state index in [9.17, 15) is 18.4 Å². The van der Waals surface area contributed by atoms with Crippen molar-refractivity contribution in [2.45, 2.75) is 25.8 Å². The van der Waals surface area contributed by atoms with Crippen LogP contribution in [-0.4, -0.2) is 17.9 Å². The molecule has 7 heteroatoms. The Balaban J connectivity index is 2.92. The molecule has 0 radical (unpaired) electrons. The Labute approximate surface area is 109 Å². The van der Waals surface area contributed by atoms with E-state index in [4.69, 9.17) is 11.5 Å². The fraction of sp³-hybridized carbons (Fsp3) is 0.333. The molecular formula is C12H15F2N3O2. The molecule has 0 heterocycles. The predicted octanol–water partition coefficient (Wildman–Crippen LogP) is 1.13. The first kappa shape index (κ1) is 15.0. The van der Waals surface area contributed by atoms with Crippen LogP contribution < -0.4 is 16.8 Å². The molecule has 1 aromatic rings. The van der Waals surface area contributed by atoms with Gasteiger partial charge in [0.1, 0.15) is 11.6 Å². The van der Waals surface area contributed by atoms with Gasteiger partial charge in [-0.15, -0.1) is 0 Å². The fourth-order valence-electron chi connectivity index (χ4n) is 1.42. The molecule has 0 fully saturated rings. The Kier molecular flexibility index (Phi) is 4.94. The topological polar surface area (TPSA) is 98.2 Å². The summed E-state index contributed by atoms with van der Waals surface area (Å²) >= 11 is 0. The minimum Gasteiger partial charge on any atom is -0.366 e. The number of benzene rings is 1. The molecule has 1 rings (SSSR count). The predicted molar refractivity (Wildman–Crippen MR) is 66.4 cm³/mol. The number of amides is 2. The van der Waals surface area contributed by atoms with E-state index in [1.54, 1.807) is 0 Å². The quantitative estimate of drug-likeness (QED) is 0.748. The molecule has 0 aliphatic rings. The summed E-state index contributed by atoms with van der Waals surface area (Å²) in [6.07, 6.45) is 0.588. The standard InChI is InChI=1S/C12H15F2N3O2/c1-2-6(15)3-11(18)17-10-4-7(12(16)19)8(13)5-9(10)14/h4-6H,2-3,15H2,1H3,(H2,16,19)(H,17,18). The molecule has 19 heavy (non-hydrogen) atoms. The number of nitrogens with one attached hydrogen (secondary N) is 1. The Morgan fingerprint density at radius 3 is 2.47 bits per heavy atom. The summed E-state index contributed by atoms with van der Waals surface area (Å²) in [4.78, 5) is 22.5. The highest BCUT2D eigenvalue weighted by atomic mass is 19.1. The van der Waals surface area contributed by atoms with E-state index in [1.807, 2.05) is 6.92 Å². The van der Waals surface area contributed by atoms with Crippen molar-refractivity contribution in [2.24, 2.45) is 11.5 Å². The van der Waals surface area contributed by atoms with Crippen molar-refractivity contribution in [2.75, 3.05) is 5.32 Å². The van der Waals surface area contributed by atoms with Crippen LogP contribution in [0.25, 0.3) is 0 Å². The van der Waals surface area contributed by atoms with Crippen LogP contribution in [0.3, 0.4) is 0 Å². The zero-order chi connectivity index (χ0) is 14.6. The van der Waals surface area contributed by atoms with E-state index in [0.717, 1.165) is 6.07 Å². The summed E-state index contributed by atoms with van der Waals surface area (Å²) in [6, 6.07) is 1.01. The number of rotatable bonds is 5. The van der Waals surface area contributed by atoms with E-state index in [0.29, 0.717) is 12.5 Å². The molecule has 5 nitrogen and oxygen atoms in total. The van der Waals surface area contributed by atoms with Gasteiger partial charge in [0.25, 0.3) is 5.91 Å². The Morgan fingerprint density at radius 2 is 1.95 bits per heavy atom. The van der Waals surface area contributed by atoms with Gasteiger partial charge >= 0.3 is 0 Å². The maximum atomic E-state index is 13.4. The maximum absolute atomic E-state index is 13.4. The van der Waals surface area contributed by atoms with Crippen LogP contribution in [0.2, 0.25) is 0 Å². The van der Waals surface area contributed by atoms with Crippen molar-refractivity contribution in [1.82, 2.24) is 0 Å². The number of hydrogen-bond acceptors (Lipinski definition) is 3. The summed E-state index contributed by atoms with van der Waals surface area (Å²) in [6.45, 7) is 1.81. The monoisotopic (exact) mass is 271 g/mol. The number of hydrogen-bond donors (Lipinski definition) is 3. The van der Waals surface area contributed by atoms with Crippen molar-refractivity contribution >= 4 is 17.5 Å². The fourth-order valence-corrected chi connectivity index (χ4v) is 1.42. The molecule has 5 N–H and O–H groups in total.